The zero-order chi connectivity index (χ0) is 27.9. The minimum atomic E-state index is -0.446. The van der Waals surface area contributed by atoms with Gasteiger partial charge in [-0.15, -0.1) is 5.10 Å². The Balaban J connectivity index is 1.55. The van der Waals surface area contributed by atoms with Gasteiger partial charge in [-0.2, -0.15) is 0 Å². The minimum absolute atomic E-state index is 0.0730. The molecule has 204 valence electrons. The van der Waals surface area contributed by atoms with E-state index in [2.05, 4.69) is 57.1 Å². The van der Waals surface area contributed by atoms with Crippen molar-refractivity contribution in [2.75, 3.05) is 31.1 Å². The zero-order valence-corrected chi connectivity index (χ0v) is 23.0. The molecule has 1 saturated heterocycles. The van der Waals surface area contributed by atoms with Gasteiger partial charge in [0, 0.05) is 54.9 Å². The Hall–Kier alpha value is -4.12. The first kappa shape index (κ1) is 26.5. The first-order valence-corrected chi connectivity index (χ1v) is 13.3. The number of anilines is 1. The highest BCUT2D eigenvalue weighted by atomic mass is 16.6. The van der Waals surface area contributed by atoms with E-state index < -0.39 is 11.0 Å². The summed E-state index contributed by atoms with van der Waals surface area (Å²) in [5, 5.41) is 25.0. The number of nitrogens with one attached hydrogen (secondary N) is 1. The van der Waals surface area contributed by atoms with Crippen molar-refractivity contribution in [2.24, 2.45) is 0 Å². The van der Waals surface area contributed by atoms with Crippen molar-refractivity contribution in [3.05, 3.63) is 85.4 Å². The zero-order valence-electron chi connectivity index (χ0n) is 23.0. The van der Waals surface area contributed by atoms with Crippen LogP contribution in [0, 0.1) is 24.0 Å². The van der Waals surface area contributed by atoms with Crippen LogP contribution in [-0.4, -0.2) is 61.2 Å². The van der Waals surface area contributed by atoms with Gasteiger partial charge in [-0.25, -0.2) is 4.68 Å². The molecule has 4 aromatic rings. The monoisotopic (exact) mass is 530 g/mol. The van der Waals surface area contributed by atoms with E-state index in [9.17, 15) is 14.9 Å². The number of aryl methyl sites for hydroxylation is 2. The number of nitrogens with zero attached hydrogens (tertiary/aromatic N) is 7. The lowest BCUT2D eigenvalue weighted by atomic mass is 9.97. The van der Waals surface area contributed by atoms with Crippen LogP contribution < -0.4 is 10.5 Å². The average Bonchev–Trinajstić information content (AvgIpc) is 3.42. The highest BCUT2D eigenvalue weighted by molar-refractivity contribution is 5.85. The molecule has 0 aliphatic carbocycles. The number of nitro groups is 1. The molecule has 1 unspecified atom stereocenters. The second-order valence-electron chi connectivity index (χ2n) is 10.9. The van der Waals surface area contributed by atoms with Gasteiger partial charge >= 0.3 is 0 Å². The summed E-state index contributed by atoms with van der Waals surface area (Å²) < 4.78 is 1.85. The molecule has 1 aliphatic rings. The summed E-state index contributed by atoms with van der Waals surface area (Å²) in [6, 6.07) is 12.3. The number of fused-ring (bicyclic) bond motifs is 1. The molecular formula is C28H34N8O3. The quantitative estimate of drug-likeness (QED) is 0.280. The lowest BCUT2D eigenvalue weighted by Crippen LogP contribution is -2.49. The van der Waals surface area contributed by atoms with Crippen molar-refractivity contribution >= 4 is 22.3 Å². The molecule has 0 amide bonds. The Morgan fingerprint density at radius 1 is 1.05 bits per heavy atom. The highest BCUT2D eigenvalue weighted by Gasteiger charge is 2.36. The summed E-state index contributed by atoms with van der Waals surface area (Å²) in [5.41, 5.74) is 4.08. The van der Waals surface area contributed by atoms with Crippen LogP contribution in [0.4, 0.5) is 11.4 Å². The van der Waals surface area contributed by atoms with Crippen LogP contribution in [0.3, 0.4) is 0 Å². The maximum atomic E-state index is 13.7. The second-order valence-corrected chi connectivity index (χ2v) is 10.9. The van der Waals surface area contributed by atoms with E-state index in [1.54, 1.807) is 12.1 Å². The fraction of sp³-hybridized carbons (Fsp3) is 0.429. The molecule has 1 atom stereocenters. The molecule has 1 aliphatic heterocycles. The average molecular weight is 531 g/mol. The van der Waals surface area contributed by atoms with Gasteiger partial charge in [0.1, 0.15) is 6.04 Å². The molecule has 2 aromatic carbocycles. The van der Waals surface area contributed by atoms with Gasteiger partial charge < -0.3 is 9.88 Å². The Kier molecular flexibility index (Phi) is 6.94. The fourth-order valence-corrected chi connectivity index (χ4v) is 5.26. The van der Waals surface area contributed by atoms with Gasteiger partial charge in [0.25, 0.3) is 11.2 Å². The Morgan fingerprint density at radius 3 is 2.36 bits per heavy atom. The van der Waals surface area contributed by atoms with Crippen molar-refractivity contribution < 1.29 is 4.92 Å². The van der Waals surface area contributed by atoms with Gasteiger partial charge in [0.15, 0.2) is 5.82 Å². The third kappa shape index (κ3) is 4.89. The van der Waals surface area contributed by atoms with E-state index in [0.717, 1.165) is 34.1 Å². The van der Waals surface area contributed by atoms with Gasteiger partial charge in [-0.05, 0) is 73.9 Å². The molecule has 3 heterocycles. The summed E-state index contributed by atoms with van der Waals surface area (Å²) in [7, 11) is 0. The normalized spacial score (nSPS) is 15.6. The Labute approximate surface area is 226 Å². The number of hydrogen-bond donors (Lipinski definition) is 1. The van der Waals surface area contributed by atoms with E-state index in [-0.39, 0.29) is 16.8 Å². The van der Waals surface area contributed by atoms with Crippen molar-refractivity contribution in [1.82, 2.24) is 30.1 Å². The maximum absolute atomic E-state index is 13.7. The van der Waals surface area contributed by atoms with Crippen molar-refractivity contribution in [1.29, 1.82) is 0 Å². The fourth-order valence-electron chi connectivity index (χ4n) is 5.26. The number of tetrazole rings is 1. The predicted molar refractivity (Wildman–Crippen MR) is 150 cm³/mol. The van der Waals surface area contributed by atoms with Crippen LogP contribution in [0.5, 0.6) is 0 Å². The molecule has 0 radical (unpaired) electrons. The molecule has 1 N–H and O–H groups in total. The number of benzene rings is 2. The Bertz CT molecular complexity index is 1570. The van der Waals surface area contributed by atoms with Crippen LogP contribution in [-0.2, 0) is 5.54 Å². The number of nitro benzene ring substituents is 1. The third-order valence-electron chi connectivity index (χ3n) is 8.05. The number of aromatic amines is 1. The lowest BCUT2D eigenvalue weighted by molar-refractivity contribution is -0.384. The number of rotatable bonds is 7. The molecule has 11 heteroatoms. The first-order chi connectivity index (χ1) is 18.6. The van der Waals surface area contributed by atoms with Crippen LogP contribution in [0.25, 0.3) is 10.9 Å². The third-order valence-corrected chi connectivity index (χ3v) is 8.05. The Morgan fingerprint density at radius 2 is 1.72 bits per heavy atom. The SMILES string of the molecule is CCC(C)(C)n1nnnc1C(c1cc2c(C)ccc(C)c2[nH]c1=O)N1CCN(c2ccc([N+](=O)[O-])cc2)CC1. The summed E-state index contributed by atoms with van der Waals surface area (Å²) in [4.78, 5) is 31.9. The summed E-state index contributed by atoms with van der Waals surface area (Å²) in [6.07, 6.45) is 0.818. The predicted octanol–water partition coefficient (Wildman–Crippen LogP) is 4.10. The van der Waals surface area contributed by atoms with Crippen molar-refractivity contribution in [3.8, 4) is 0 Å². The number of non-ortho nitro benzene ring substituents is 1. The smallest absolute Gasteiger partial charge is 0.269 e. The summed E-state index contributed by atoms with van der Waals surface area (Å²) >= 11 is 0. The van der Waals surface area contributed by atoms with Gasteiger partial charge in [0.2, 0.25) is 0 Å². The highest BCUT2D eigenvalue weighted by Crippen LogP contribution is 2.33. The van der Waals surface area contributed by atoms with E-state index >= 15 is 0 Å². The molecule has 0 saturated carbocycles. The second kappa shape index (κ2) is 10.2. The minimum Gasteiger partial charge on any atom is -0.369 e. The maximum Gasteiger partial charge on any atom is 0.269 e. The van der Waals surface area contributed by atoms with Crippen LogP contribution in [0.15, 0.2) is 47.3 Å². The van der Waals surface area contributed by atoms with Gasteiger partial charge in [-0.1, -0.05) is 19.1 Å². The van der Waals surface area contributed by atoms with E-state index in [0.29, 0.717) is 37.6 Å². The summed E-state index contributed by atoms with van der Waals surface area (Å²) in [5.74, 6) is 0.640. The number of hydrogen-bond acceptors (Lipinski definition) is 8. The molecule has 0 bridgehead atoms. The van der Waals surface area contributed by atoms with Crippen LogP contribution in [0.2, 0.25) is 0 Å². The van der Waals surface area contributed by atoms with Crippen LogP contribution >= 0.6 is 0 Å². The number of H-pyrrole nitrogens is 1. The van der Waals surface area contributed by atoms with E-state index in [1.807, 2.05) is 30.7 Å². The number of piperazine rings is 1. The lowest BCUT2D eigenvalue weighted by Gasteiger charge is -2.40. The molecule has 5 rings (SSSR count). The molecule has 1 fully saturated rings. The van der Waals surface area contributed by atoms with E-state index in [1.165, 1.54) is 12.1 Å². The van der Waals surface area contributed by atoms with E-state index in [4.69, 9.17) is 0 Å². The van der Waals surface area contributed by atoms with Gasteiger partial charge in [0.05, 0.1) is 16.0 Å². The number of aromatic nitrogens is 5. The van der Waals surface area contributed by atoms with Crippen molar-refractivity contribution in [3.63, 3.8) is 0 Å². The molecule has 2 aromatic heterocycles. The molecule has 11 nitrogen and oxygen atoms in total. The standard InChI is InChI=1S/C28H34N8O3/c1-6-28(4,5)35-26(30-31-32-35)25(23-17-22-18(2)7-8-19(3)24(22)29-27(23)37)34-15-13-33(14-16-34)20-9-11-21(12-10-20)36(38)39/h7-12,17,25H,6,13-16H2,1-5H3,(H,29,37). The first-order valence-electron chi connectivity index (χ1n) is 13.3. The molecular weight excluding hydrogens is 496 g/mol. The van der Waals surface area contributed by atoms with Gasteiger partial charge in [-0.3, -0.25) is 19.8 Å². The molecule has 39 heavy (non-hydrogen) atoms. The van der Waals surface area contributed by atoms with Crippen LogP contribution in [0.1, 0.15) is 55.7 Å². The van der Waals surface area contributed by atoms with Crippen molar-refractivity contribution in [2.45, 2.75) is 52.6 Å². The molecule has 0 spiro atoms. The number of pyridine rings is 1. The topological polar surface area (TPSA) is 126 Å². The summed E-state index contributed by atoms with van der Waals surface area (Å²) in [6.45, 7) is 13.0. The largest absolute Gasteiger partial charge is 0.369 e.